The highest BCUT2D eigenvalue weighted by molar-refractivity contribution is 5.38. The summed E-state index contributed by atoms with van der Waals surface area (Å²) in [5.74, 6) is 0.869. The van der Waals surface area contributed by atoms with Gasteiger partial charge in [0.2, 0.25) is 0 Å². The molecule has 2 atom stereocenters. The number of unbranched alkanes of at least 4 members (excludes halogenated alkanes) is 1. The van der Waals surface area contributed by atoms with Gasteiger partial charge in [-0.1, -0.05) is 31.5 Å². The number of benzene rings is 1. The number of rotatable bonds is 7. The average Bonchev–Trinajstić information content (AvgIpc) is 2.45. The Morgan fingerprint density at radius 2 is 2.11 bits per heavy atom. The van der Waals surface area contributed by atoms with E-state index in [9.17, 15) is 0 Å². The van der Waals surface area contributed by atoms with Gasteiger partial charge in [-0.25, -0.2) is 0 Å². The molecule has 0 radical (unpaired) electrons. The highest BCUT2D eigenvalue weighted by Gasteiger charge is 2.28. The molecule has 0 amide bonds. The highest BCUT2D eigenvalue weighted by atomic mass is 16.6. The Kier molecular flexibility index (Phi) is 5.63. The van der Waals surface area contributed by atoms with Crippen LogP contribution < -0.4 is 10.5 Å². The molecule has 2 rings (SSSR count). The average molecular weight is 265 g/mol. The lowest BCUT2D eigenvalue weighted by Gasteiger charge is -2.31. The van der Waals surface area contributed by atoms with Gasteiger partial charge in [0.05, 0.1) is 19.3 Å². The van der Waals surface area contributed by atoms with Crippen molar-refractivity contribution in [3.05, 3.63) is 29.8 Å². The van der Waals surface area contributed by atoms with Crippen LogP contribution in [0.1, 0.15) is 31.4 Å². The second kappa shape index (κ2) is 7.48. The van der Waals surface area contributed by atoms with Gasteiger partial charge >= 0.3 is 0 Å². The minimum atomic E-state index is -0.124. The van der Waals surface area contributed by atoms with Crippen LogP contribution in [0.3, 0.4) is 0 Å². The Bertz CT molecular complexity index is 383. The second-order valence-corrected chi connectivity index (χ2v) is 4.75. The Labute approximate surface area is 114 Å². The molecule has 1 heterocycles. The molecule has 0 saturated carbocycles. The molecule has 0 aromatic heterocycles. The lowest BCUT2D eigenvalue weighted by atomic mass is 9.99. The summed E-state index contributed by atoms with van der Waals surface area (Å²) in [6.07, 6.45) is 2.16. The molecule has 0 saturated heterocycles. The monoisotopic (exact) mass is 265 g/mol. The molecule has 0 fully saturated rings. The lowest BCUT2D eigenvalue weighted by Crippen LogP contribution is -2.38. The van der Waals surface area contributed by atoms with Crippen molar-refractivity contribution in [2.45, 2.75) is 31.9 Å². The molecule has 106 valence electrons. The molecule has 0 spiro atoms. The van der Waals surface area contributed by atoms with Crippen molar-refractivity contribution >= 4 is 0 Å². The number of para-hydroxylation sites is 1. The number of ether oxygens (including phenoxy) is 3. The zero-order valence-corrected chi connectivity index (χ0v) is 11.5. The van der Waals surface area contributed by atoms with E-state index in [1.165, 1.54) is 0 Å². The fourth-order valence-electron chi connectivity index (χ4n) is 2.12. The first-order chi connectivity index (χ1) is 9.33. The normalized spacial score (nSPS) is 21.8. The molecular formula is C15H23NO3. The SMILES string of the molecule is CCCCOCCOC1COc2ccccc2C1N. The third-order valence-electron chi connectivity index (χ3n) is 3.28. The second-order valence-electron chi connectivity index (χ2n) is 4.75. The van der Waals surface area contributed by atoms with Gasteiger partial charge in [0, 0.05) is 12.2 Å². The molecular weight excluding hydrogens is 242 g/mol. The fourth-order valence-corrected chi connectivity index (χ4v) is 2.12. The zero-order valence-electron chi connectivity index (χ0n) is 11.5. The van der Waals surface area contributed by atoms with Crippen LogP contribution in [-0.2, 0) is 9.47 Å². The van der Waals surface area contributed by atoms with Crippen molar-refractivity contribution in [2.24, 2.45) is 5.73 Å². The number of hydrogen-bond donors (Lipinski definition) is 1. The summed E-state index contributed by atoms with van der Waals surface area (Å²) in [5.41, 5.74) is 7.23. The summed E-state index contributed by atoms with van der Waals surface area (Å²) < 4.78 is 16.9. The van der Waals surface area contributed by atoms with Crippen LogP contribution in [-0.4, -0.2) is 32.5 Å². The molecule has 1 aliphatic heterocycles. The van der Waals surface area contributed by atoms with Crippen molar-refractivity contribution < 1.29 is 14.2 Å². The van der Waals surface area contributed by atoms with E-state index in [2.05, 4.69) is 6.92 Å². The lowest BCUT2D eigenvalue weighted by molar-refractivity contribution is -0.0335. The summed E-state index contributed by atoms with van der Waals surface area (Å²) in [6, 6.07) is 7.74. The van der Waals surface area contributed by atoms with E-state index in [4.69, 9.17) is 19.9 Å². The van der Waals surface area contributed by atoms with Crippen molar-refractivity contribution in [1.29, 1.82) is 0 Å². The zero-order chi connectivity index (χ0) is 13.5. The number of nitrogens with two attached hydrogens (primary N) is 1. The summed E-state index contributed by atoms with van der Waals surface area (Å²) in [6.45, 7) is 4.64. The molecule has 2 unspecified atom stereocenters. The molecule has 2 N–H and O–H groups in total. The maximum absolute atomic E-state index is 6.21. The smallest absolute Gasteiger partial charge is 0.124 e. The largest absolute Gasteiger partial charge is 0.490 e. The fraction of sp³-hybridized carbons (Fsp3) is 0.600. The van der Waals surface area contributed by atoms with Crippen LogP contribution in [0.4, 0.5) is 0 Å². The van der Waals surface area contributed by atoms with E-state index >= 15 is 0 Å². The van der Waals surface area contributed by atoms with Gasteiger partial charge in [-0.2, -0.15) is 0 Å². The predicted octanol–water partition coefficient (Wildman–Crippen LogP) is 2.28. The number of hydrogen-bond acceptors (Lipinski definition) is 4. The van der Waals surface area contributed by atoms with Crippen molar-refractivity contribution in [3.8, 4) is 5.75 Å². The standard InChI is InChI=1S/C15H23NO3/c1-2-3-8-17-9-10-18-14-11-19-13-7-5-4-6-12(13)15(14)16/h4-7,14-15H,2-3,8-11,16H2,1H3. The molecule has 4 nitrogen and oxygen atoms in total. The summed E-state index contributed by atoms with van der Waals surface area (Å²) >= 11 is 0. The molecule has 0 bridgehead atoms. The summed E-state index contributed by atoms with van der Waals surface area (Å²) in [4.78, 5) is 0. The molecule has 1 aromatic carbocycles. The van der Waals surface area contributed by atoms with Crippen molar-refractivity contribution in [3.63, 3.8) is 0 Å². The van der Waals surface area contributed by atoms with Crippen LogP contribution >= 0.6 is 0 Å². The summed E-state index contributed by atoms with van der Waals surface area (Å²) in [5, 5.41) is 0. The Morgan fingerprint density at radius 1 is 1.26 bits per heavy atom. The van der Waals surface area contributed by atoms with Crippen LogP contribution in [0.25, 0.3) is 0 Å². The van der Waals surface area contributed by atoms with Crippen molar-refractivity contribution in [2.75, 3.05) is 26.4 Å². The maximum atomic E-state index is 6.21. The Hall–Kier alpha value is -1.10. The van der Waals surface area contributed by atoms with E-state index < -0.39 is 0 Å². The van der Waals surface area contributed by atoms with Gasteiger partial charge in [0.1, 0.15) is 18.5 Å². The summed E-state index contributed by atoms with van der Waals surface area (Å²) in [7, 11) is 0. The van der Waals surface area contributed by atoms with Crippen LogP contribution in [0.5, 0.6) is 5.75 Å². The first kappa shape index (κ1) is 14.3. The van der Waals surface area contributed by atoms with E-state index in [0.29, 0.717) is 19.8 Å². The van der Waals surface area contributed by atoms with Gasteiger partial charge in [0.25, 0.3) is 0 Å². The van der Waals surface area contributed by atoms with Gasteiger partial charge in [-0.05, 0) is 12.5 Å². The minimum Gasteiger partial charge on any atom is -0.490 e. The molecule has 1 aromatic rings. The molecule has 19 heavy (non-hydrogen) atoms. The van der Waals surface area contributed by atoms with Crippen LogP contribution in [0, 0.1) is 0 Å². The van der Waals surface area contributed by atoms with Crippen LogP contribution in [0.15, 0.2) is 24.3 Å². The van der Waals surface area contributed by atoms with Crippen LogP contribution in [0.2, 0.25) is 0 Å². The van der Waals surface area contributed by atoms with Crippen molar-refractivity contribution in [1.82, 2.24) is 0 Å². The third kappa shape index (κ3) is 3.93. The van der Waals surface area contributed by atoms with Gasteiger partial charge in [-0.3, -0.25) is 0 Å². The first-order valence-electron chi connectivity index (χ1n) is 6.99. The number of fused-ring (bicyclic) bond motifs is 1. The Morgan fingerprint density at radius 3 is 2.95 bits per heavy atom. The van der Waals surface area contributed by atoms with E-state index in [-0.39, 0.29) is 12.1 Å². The topological polar surface area (TPSA) is 53.7 Å². The quantitative estimate of drug-likeness (QED) is 0.768. The molecule has 0 aliphatic carbocycles. The highest BCUT2D eigenvalue weighted by Crippen LogP contribution is 2.31. The van der Waals surface area contributed by atoms with E-state index in [1.807, 2.05) is 24.3 Å². The van der Waals surface area contributed by atoms with Gasteiger partial charge in [-0.15, -0.1) is 0 Å². The van der Waals surface area contributed by atoms with E-state index in [0.717, 1.165) is 30.8 Å². The Balaban J connectivity index is 1.74. The minimum absolute atomic E-state index is 0.0929. The molecule has 4 heteroatoms. The van der Waals surface area contributed by atoms with Gasteiger partial charge in [0.15, 0.2) is 0 Å². The predicted molar refractivity (Wildman–Crippen MR) is 74.3 cm³/mol. The van der Waals surface area contributed by atoms with E-state index in [1.54, 1.807) is 0 Å². The maximum Gasteiger partial charge on any atom is 0.124 e. The molecule has 1 aliphatic rings. The third-order valence-corrected chi connectivity index (χ3v) is 3.28. The van der Waals surface area contributed by atoms with Gasteiger partial charge < -0.3 is 19.9 Å². The first-order valence-corrected chi connectivity index (χ1v) is 6.99.